The first-order valence-corrected chi connectivity index (χ1v) is 14.1. The van der Waals surface area contributed by atoms with Crippen molar-refractivity contribution < 1.29 is 59.4 Å². The Morgan fingerprint density at radius 3 is 1.32 bits per heavy atom. The third-order valence-corrected chi connectivity index (χ3v) is 7.22. The molecule has 0 aliphatic heterocycles. The van der Waals surface area contributed by atoms with Crippen LogP contribution >= 0.6 is 0 Å². The van der Waals surface area contributed by atoms with Gasteiger partial charge in [-0.1, -0.05) is 90.1 Å². The average Bonchev–Trinajstić information content (AvgIpc) is 3.42. The van der Waals surface area contributed by atoms with E-state index in [0.717, 1.165) is 27.3 Å². The third-order valence-electron chi connectivity index (χ3n) is 6.77. The molecule has 6 heteroatoms. The molecule has 0 atom stereocenters. The SMILES string of the molecule is Cc1ccc(O)c2c(C(C)(C)C)cccc12.Cc1ccc(O)c2c(C(C)(C)C)cccc12.[Cl-].[Cl-].[Ti]=[CH]c1ccco1. The molecule has 41 heavy (non-hydrogen) atoms. The van der Waals surface area contributed by atoms with Gasteiger partial charge in [0.2, 0.25) is 0 Å². The van der Waals surface area contributed by atoms with Crippen LogP contribution in [0.5, 0.6) is 11.5 Å². The first-order chi connectivity index (χ1) is 18.3. The predicted molar refractivity (Wildman–Crippen MR) is 162 cm³/mol. The molecule has 0 fully saturated rings. The zero-order chi connectivity index (χ0) is 29.0. The van der Waals surface area contributed by atoms with Gasteiger partial charge < -0.3 is 35.0 Å². The second-order valence-corrected chi connectivity index (χ2v) is 12.4. The summed E-state index contributed by atoms with van der Waals surface area (Å²) in [6.45, 7) is 17.2. The van der Waals surface area contributed by atoms with Gasteiger partial charge in [-0.25, -0.2) is 0 Å². The van der Waals surface area contributed by atoms with Crippen molar-refractivity contribution in [1.82, 2.24) is 0 Å². The molecule has 0 bridgehead atoms. The molecule has 0 unspecified atom stereocenters. The fraction of sp³-hybridized carbons (Fsp3) is 0.286. The van der Waals surface area contributed by atoms with Crippen LogP contribution in [0.15, 0.2) is 83.5 Å². The Labute approximate surface area is 268 Å². The van der Waals surface area contributed by atoms with E-state index in [2.05, 4.69) is 91.8 Å². The number of phenolic OH excluding ortho intramolecular Hbond substituents is 2. The number of fused-ring (bicyclic) bond motifs is 2. The first-order valence-electron chi connectivity index (χ1n) is 13.2. The van der Waals surface area contributed by atoms with Gasteiger partial charge in [-0.05, 0) is 69.8 Å². The molecule has 1 aromatic heterocycles. The van der Waals surface area contributed by atoms with Crippen LogP contribution in [0, 0.1) is 13.8 Å². The molecule has 0 amide bonds. The number of phenols is 2. The Morgan fingerprint density at radius 1 is 0.610 bits per heavy atom. The minimum absolute atomic E-state index is 0. The van der Waals surface area contributed by atoms with E-state index in [-0.39, 0.29) is 35.6 Å². The number of hydrogen-bond acceptors (Lipinski definition) is 3. The summed E-state index contributed by atoms with van der Waals surface area (Å²) in [6.07, 6.45) is 1.66. The predicted octanol–water partition coefficient (Wildman–Crippen LogP) is 3.29. The van der Waals surface area contributed by atoms with Crippen molar-refractivity contribution in [1.29, 1.82) is 0 Å². The van der Waals surface area contributed by atoms with E-state index in [1.54, 1.807) is 18.4 Å². The standard InChI is InChI=1S/2C15H18O.C5H4O.2ClH.Ti/c2*1-10-8-9-13(16)14-11(10)6-5-7-12(14)15(2,3)4;1-5-3-2-4-6-5;;;/h2*5-9,16H,1-4H3;1-4H;2*1H;/p-2. The van der Waals surface area contributed by atoms with Gasteiger partial charge in [0.15, 0.2) is 0 Å². The number of benzene rings is 4. The third kappa shape index (κ3) is 8.96. The number of halogens is 2. The molecule has 5 aromatic rings. The molecule has 0 aliphatic carbocycles. The van der Waals surface area contributed by atoms with Crippen molar-refractivity contribution in [2.75, 3.05) is 0 Å². The van der Waals surface area contributed by atoms with Crippen molar-refractivity contribution in [2.45, 2.75) is 66.2 Å². The molecule has 0 saturated carbocycles. The number of aromatic hydroxyl groups is 2. The Morgan fingerprint density at radius 2 is 1.02 bits per heavy atom. The molecule has 0 radical (unpaired) electrons. The van der Waals surface area contributed by atoms with Crippen LogP contribution in [-0.4, -0.2) is 14.5 Å². The van der Waals surface area contributed by atoms with Gasteiger partial charge in [0, 0.05) is 10.8 Å². The molecule has 0 spiro atoms. The zero-order valence-corrected chi connectivity index (χ0v) is 28.2. The quantitative estimate of drug-likeness (QED) is 0.281. The fourth-order valence-electron chi connectivity index (χ4n) is 4.69. The maximum absolute atomic E-state index is 10.0. The van der Waals surface area contributed by atoms with Gasteiger partial charge in [0.05, 0.1) is 0 Å². The van der Waals surface area contributed by atoms with Crippen LogP contribution in [0.1, 0.15) is 69.6 Å². The summed E-state index contributed by atoms with van der Waals surface area (Å²) in [7, 11) is 0. The van der Waals surface area contributed by atoms with Crippen LogP contribution in [0.25, 0.3) is 21.5 Å². The van der Waals surface area contributed by atoms with E-state index in [4.69, 9.17) is 4.42 Å². The van der Waals surface area contributed by atoms with E-state index in [9.17, 15) is 10.2 Å². The van der Waals surface area contributed by atoms with Crippen molar-refractivity contribution in [2.24, 2.45) is 0 Å². The van der Waals surface area contributed by atoms with E-state index < -0.39 is 0 Å². The fourth-order valence-corrected chi connectivity index (χ4v) is 4.95. The second kappa shape index (κ2) is 15.1. The molecule has 0 saturated heterocycles. The normalized spacial score (nSPS) is 10.8. The van der Waals surface area contributed by atoms with E-state index in [1.807, 2.05) is 48.6 Å². The number of furan rings is 1. The summed E-state index contributed by atoms with van der Waals surface area (Å²) in [5, 5.41) is 24.4. The van der Waals surface area contributed by atoms with Crippen LogP contribution in [-0.2, 0) is 30.8 Å². The van der Waals surface area contributed by atoms with Crippen molar-refractivity contribution in [3.05, 3.63) is 107 Å². The number of hydrogen-bond donors (Lipinski definition) is 2. The first kappa shape index (κ1) is 36.5. The Hall–Kier alpha value is -2.56. The van der Waals surface area contributed by atoms with E-state index in [1.165, 1.54) is 22.3 Å². The van der Waals surface area contributed by atoms with Crippen molar-refractivity contribution >= 4 is 25.9 Å². The zero-order valence-electron chi connectivity index (χ0n) is 25.1. The summed E-state index contributed by atoms with van der Waals surface area (Å²) >= 11 is 1.94. The molecule has 5 rings (SSSR count). The Balaban J connectivity index is 0.000000321. The summed E-state index contributed by atoms with van der Waals surface area (Å²) in [4.78, 5) is 0. The molecule has 2 N–H and O–H groups in total. The van der Waals surface area contributed by atoms with Crippen LogP contribution in [0.3, 0.4) is 0 Å². The Bertz CT molecular complexity index is 1480. The van der Waals surface area contributed by atoms with Crippen LogP contribution in [0.4, 0.5) is 0 Å². The van der Waals surface area contributed by atoms with E-state index in [0.29, 0.717) is 11.5 Å². The summed E-state index contributed by atoms with van der Waals surface area (Å²) in [6, 6.07) is 23.7. The van der Waals surface area contributed by atoms with Gasteiger partial charge in [0.1, 0.15) is 11.5 Å². The van der Waals surface area contributed by atoms with Gasteiger partial charge in [-0.3, -0.25) is 0 Å². The van der Waals surface area contributed by atoms with Gasteiger partial charge >= 0.3 is 52.9 Å². The van der Waals surface area contributed by atoms with Gasteiger partial charge in [-0.2, -0.15) is 0 Å². The van der Waals surface area contributed by atoms with Gasteiger partial charge in [-0.15, -0.1) is 0 Å². The number of aryl methyl sites for hydroxylation is 2. The topological polar surface area (TPSA) is 53.6 Å². The molecular weight excluding hydrogens is 587 g/mol. The maximum atomic E-state index is 10.0. The van der Waals surface area contributed by atoms with Crippen LogP contribution in [0.2, 0.25) is 0 Å². The molecule has 218 valence electrons. The summed E-state index contributed by atoms with van der Waals surface area (Å²) in [5.74, 6) is 1.69. The van der Waals surface area contributed by atoms with E-state index >= 15 is 0 Å². The monoisotopic (exact) mass is 626 g/mol. The number of rotatable bonds is 1. The summed E-state index contributed by atoms with van der Waals surface area (Å²) in [5.41, 5.74) is 4.91. The summed E-state index contributed by atoms with van der Waals surface area (Å²) < 4.78 is 6.84. The molecule has 4 aromatic carbocycles. The van der Waals surface area contributed by atoms with Gasteiger partial charge in [0.25, 0.3) is 0 Å². The van der Waals surface area contributed by atoms with Crippen molar-refractivity contribution in [3.8, 4) is 11.5 Å². The molecule has 0 aliphatic rings. The van der Waals surface area contributed by atoms with Crippen molar-refractivity contribution in [3.63, 3.8) is 0 Å². The Kier molecular flexibility index (Phi) is 13.4. The molecule has 3 nitrogen and oxygen atoms in total. The molecular formula is C35H40Cl2O3Ti-2. The van der Waals surface area contributed by atoms with Crippen LogP contribution < -0.4 is 24.8 Å². The second-order valence-electron chi connectivity index (χ2n) is 11.9. The average molecular weight is 627 g/mol. The minimum atomic E-state index is 0. The molecule has 1 heterocycles.